The lowest BCUT2D eigenvalue weighted by Crippen LogP contribution is -2.52. The summed E-state index contributed by atoms with van der Waals surface area (Å²) in [6.45, 7) is 2.59. The van der Waals surface area contributed by atoms with Gasteiger partial charge in [0.1, 0.15) is 11.3 Å². The second kappa shape index (κ2) is 9.22. The molecule has 3 rings (SSSR count). The number of hydrogen-bond acceptors (Lipinski definition) is 4. The van der Waals surface area contributed by atoms with Crippen molar-refractivity contribution >= 4 is 29.5 Å². The van der Waals surface area contributed by atoms with Crippen LogP contribution >= 0.6 is 11.6 Å². The zero-order valence-electron chi connectivity index (χ0n) is 17.2. The van der Waals surface area contributed by atoms with Gasteiger partial charge in [-0.1, -0.05) is 23.7 Å². The molecule has 1 atom stereocenters. The molecular weight excluding hydrogens is 424 g/mol. The Hall–Kier alpha value is -3.33. The third-order valence-electron chi connectivity index (χ3n) is 5.25. The van der Waals surface area contributed by atoms with Crippen molar-refractivity contribution in [2.45, 2.75) is 26.1 Å². The van der Waals surface area contributed by atoms with Crippen molar-refractivity contribution in [2.24, 2.45) is 0 Å². The standard InChI is InChI=1S/C21H23ClN4O5/c1-13-12-26-17(20(29)25(13)10-9-24(2)21(30)31)8-7-16(19(26)28)18(27)23-11-14-3-5-15(22)6-4-14/h3-8,13H,9-12H2,1-2H3,(H,23,27)(H,30,31). The van der Waals surface area contributed by atoms with Crippen molar-refractivity contribution < 1.29 is 19.5 Å². The van der Waals surface area contributed by atoms with Crippen LogP contribution in [0.25, 0.3) is 0 Å². The van der Waals surface area contributed by atoms with Crippen LogP contribution in [0.3, 0.4) is 0 Å². The molecule has 0 saturated carbocycles. The van der Waals surface area contributed by atoms with E-state index < -0.39 is 17.6 Å². The normalized spacial score (nSPS) is 15.4. The fraction of sp³-hybridized carbons (Fsp3) is 0.333. The number of hydrogen-bond donors (Lipinski definition) is 2. The van der Waals surface area contributed by atoms with Gasteiger partial charge < -0.3 is 24.8 Å². The quantitative estimate of drug-likeness (QED) is 0.703. The van der Waals surface area contributed by atoms with Crippen LogP contribution in [0.4, 0.5) is 4.79 Å². The van der Waals surface area contributed by atoms with E-state index in [2.05, 4.69) is 5.32 Å². The number of rotatable bonds is 6. The number of nitrogens with one attached hydrogen (secondary N) is 1. The van der Waals surface area contributed by atoms with E-state index in [4.69, 9.17) is 16.7 Å². The minimum Gasteiger partial charge on any atom is -0.465 e. The number of nitrogens with zero attached hydrogens (tertiary/aromatic N) is 3. The van der Waals surface area contributed by atoms with E-state index in [1.54, 1.807) is 31.2 Å². The number of carbonyl (C=O) groups is 3. The van der Waals surface area contributed by atoms with Crippen LogP contribution in [-0.2, 0) is 13.1 Å². The monoisotopic (exact) mass is 446 g/mol. The second-order valence-corrected chi connectivity index (χ2v) is 7.85. The Morgan fingerprint density at radius 1 is 1.19 bits per heavy atom. The SMILES string of the molecule is CC1Cn2c(ccc(C(=O)NCc3ccc(Cl)cc3)c2=O)C(=O)N1CCN(C)C(=O)O. The number of carboxylic acid groups (broad SMARTS) is 1. The summed E-state index contributed by atoms with van der Waals surface area (Å²) in [5.74, 6) is -0.899. The summed E-state index contributed by atoms with van der Waals surface area (Å²) in [7, 11) is 1.43. The highest BCUT2D eigenvalue weighted by Gasteiger charge is 2.31. The molecule has 2 N–H and O–H groups in total. The van der Waals surface area contributed by atoms with Crippen LogP contribution in [0, 0.1) is 0 Å². The van der Waals surface area contributed by atoms with Crippen molar-refractivity contribution in [3.63, 3.8) is 0 Å². The molecule has 0 spiro atoms. The van der Waals surface area contributed by atoms with Crippen LogP contribution < -0.4 is 10.9 Å². The number of carbonyl (C=O) groups excluding carboxylic acids is 2. The molecular formula is C21H23ClN4O5. The lowest BCUT2D eigenvalue weighted by atomic mass is 10.1. The van der Waals surface area contributed by atoms with Gasteiger partial charge in [0, 0.05) is 44.3 Å². The number of benzene rings is 1. The number of amides is 3. The van der Waals surface area contributed by atoms with E-state index >= 15 is 0 Å². The van der Waals surface area contributed by atoms with E-state index in [1.165, 1.54) is 28.6 Å². The first kappa shape index (κ1) is 22.4. The van der Waals surface area contributed by atoms with Crippen molar-refractivity contribution in [3.05, 3.63) is 68.6 Å². The first-order chi connectivity index (χ1) is 14.7. The lowest BCUT2D eigenvalue weighted by Gasteiger charge is -2.36. The van der Waals surface area contributed by atoms with E-state index in [0.29, 0.717) is 5.02 Å². The van der Waals surface area contributed by atoms with E-state index in [0.717, 1.165) is 10.5 Å². The van der Waals surface area contributed by atoms with E-state index in [1.807, 2.05) is 0 Å². The predicted molar refractivity (Wildman–Crippen MR) is 114 cm³/mol. The number of aromatic nitrogens is 1. The maximum atomic E-state index is 12.9. The van der Waals surface area contributed by atoms with Gasteiger partial charge in [0.2, 0.25) is 0 Å². The Morgan fingerprint density at radius 3 is 2.52 bits per heavy atom. The van der Waals surface area contributed by atoms with Crippen molar-refractivity contribution in [2.75, 3.05) is 20.1 Å². The zero-order chi connectivity index (χ0) is 22.7. The molecule has 9 nitrogen and oxygen atoms in total. The molecule has 1 aromatic carbocycles. The Kier molecular flexibility index (Phi) is 6.65. The Bertz CT molecular complexity index is 1070. The number of fused-ring (bicyclic) bond motifs is 1. The van der Waals surface area contributed by atoms with Gasteiger partial charge in [-0.05, 0) is 36.8 Å². The van der Waals surface area contributed by atoms with Crippen molar-refractivity contribution in [3.8, 4) is 0 Å². The van der Waals surface area contributed by atoms with Crippen molar-refractivity contribution in [1.29, 1.82) is 0 Å². The number of likely N-dealkylation sites (N-methyl/N-ethyl adjacent to an activating group) is 1. The van der Waals surface area contributed by atoms with Crippen LogP contribution in [-0.4, -0.2) is 63.6 Å². The highest BCUT2D eigenvalue weighted by molar-refractivity contribution is 6.30. The summed E-state index contributed by atoms with van der Waals surface area (Å²) < 4.78 is 1.31. The average molecular weight is 447 g/mol. The molecule has 0 radical (unpaired) electrons. The largest absolute Gasteiger partial charge is 0.465 e. The molecule has 0 fully saturated rings. The Labute approximate surface area is 183 Å². The highest BCUT2D eigenvalue weighted by atomic mass is 35.5. The molecule has 31 heavy (non-hydrogen) atoms. The molecule has 2 heterocycles. The molecule has 10 heteroatoms. The minimum atomic E-state index is -1.08. The fourth-order valence-corrected chi connectivity index (χ4v) is 3.51. The summed E-state index contributed by atoms with van der Waals surface area (Å²) in [6.07, 6.45) is -1.08. The van der Waals surface area contributed by atoms with E-state index in [9.17, 15) is 19.2 Å². The first-order valence-electron chi connectivity index (χ1n) is 9.70. The van der Waals surface area contributed by atoms with Gasteiger partial charge in [-0.25, -0.2) is 4.79 Å². The van der Waals surface area contributed by atoms with Gasteiger partial charge in [0.05, 0.1) is 0 Å². The molecule has 1 aromatic heterocycles. The molecule has 3 amide bonds. The van der Waals surface area contributed by atoms with Crippen LogP contribution in [0.15, 0.2) is 41.2 Å². The van der Waals surface area contributed by atoms with Gasteiger partial charge in [0.25, 0.3) is 17.4 Å². The van der Waals surface area contributed by atoms with E-state index in [-0.39, 0.29) is 49.4 Å². The molecule has 2 aromatic rings. The smallest absolute Gasteiger partial charge is 0.407 e. The first-order valence-corrected chi connectivity index (χ1v) is 10.1. The van der Waals surface area contributed by atoms with Crippen molar-refractivity contribution in [1.82, 2.24) is 19.7 Å². The second-order valence-electron chi connectivity index (χ2n) is 7.41. The summed E-state index contributed by atoms with van der Waals surface area (Å²) in [5, 5.41) is 12.3. The average Bonchev–Trinajstić information content (AvgIpc) is 2.73. The Morgan fingerprint density at radius 2 is 1.87 bits per heavy atom. The summed E-state index contributed by atoms with van der Waals surface area (Å²) >= 11 is 5.85. The van der Waals surface area contributed by atoms with Crippen LogP contribution in [0.1, 0.15) is 33.3 Å². The molecule has 164 valence electrons. The molecule has 0 saturated heterocycles. The topological polar surface area (TPSA) is 112 Å². The minimum absolute atomic E-state index is 0.0447. The molecule has 0 aliphatic carbocycles. The number of pyridine rings is 1. The maximum Gasteiger partial charge on any atom is 0.407 e. The van der Waals surface area contributed by atoms with Crippen LogP contribution in [0.2, 0.25) is 5.02 Å². The zero-order valence-corrected chi connectivity index (χ0v) is 17.9. The van der Waals surface area contributed by atoms with Gasteiger partial charge in [-0.15, -0.1) is 0 Å². The summed E-state index contributed by atoms with van der Waals surface area (Å²) in [4.78, 5) is 51.9. The third-order valence-corrected chi connectivity index (χ3v) is 5.50. The molecule has 1 aliphatic rings. The van der Waals surface area contributed by atoms with Gasteiger partial charge >= 0.3 is 6.09 Å². The lowest BCUT2D eigenvalue weighted by molar-refractivity contribution is 0.0583. The Balaban J connectivity index is 1.75. The highest BCUT2D eigenvalue weighted by Crippen LogP contribution is 2.16. The third kappa shape index (κ3) is 4.88. The fourth-order valence-electron chi connectivity index (χ4n) is 3.38. The predicted octanol–water partition coefficient (Wildman–Crippen LogP) is 1.89. The maximum absolute atomic E-state index is 12.9. The molecule has 0 bridgehead atoms. The number of halogens is 1. The van der Waals surface area contributed by atoms with Gasteiger partial charge in [-0.2, -0.15) is 0 Å². The van der Waals surface area contributed by atoms with Gasteiger partial charge in [-0.3, -0.25) is 14.4 Å². The molecule has 1 unspecified atom stereocenters. The van der Waals surface area contributed by atoms with Gasteiger partial charge in [0.15, 0.2) is 0 Å². The van der Waals surface area contributed by atoms with Crippen LogP contribution in [0.5, 0.6) is 0 Å². The summed E-state index contributed by atoms with van der Waals surface area (Å²) in [5.41, 5.74) is 0.433. The summed E-state index contributed by atoms with van der Waals surface area (Å²) in [6, 6.07) is 9.46. The molecule has 1 aliphatic heterocycles.